The van der Waals surface area contributed by atoms with Gasteiger partial charge in [-0.25, -0.2) is 0 Å². The van der Waals surface area contributed by atoms with E-state index in [9.17, 15) is 9.59 Å². The molecule has 0 aromatic rings. The molecule has 0 rings (SSSR count). The summed E-state index contributed by atoms with van der Waals surface area (Å²) in [5, 5.41) is 8.55. The Morgan fingerprint density at radius 1 is 1.64 bits per heavy atom. The van der Waals surface area contributed by atoms with Crippen LogP contribution in [0.2, 0.25) is 0 Å². The van der Waals surface area contributed by atoms with Crippen LogP contribution in [-0.4, -0.2) is 30.7 Å². The Kier molecular flexibility index (Phi) is 3.00. The highest BCUT2D eigenvalue weighted by atomic mass is 16.5. The Bertz CT molecular complexity index is 179. The van der Waals surface area contributed by atoms with E-state index in [2.05, 4.69) is 4.74 Å². The molecule has 0 aliphatic heterocycles. The van der Waals surface area contributed by atoms with Crippen LogP contribution >= 0.6 is 0 Å². The number of carboxylic acid groups (broad SMARTS) is 1. The number of rotatable bonds is 3. The third kappa shape index (κ3) is 1.68. The van der Waals surface area contributed by atoms with Crippen LogP contribution in [0.4, 0.5) is 0 Å². The van der Waals surface area contributed by atoms with Crippen LogP contribution in [0.25, 0.3) is 0 Å². The molecule has 0 saturated carbocycles. The van der Waals surface area contributed by atoms with Crippen LogP contribution in [-0.2, 0) is 14.3 Å². The quantitative estimate of drug-likeness (QED) is 0.418. The summed E-state index contributed by atoms with van der Waals surface area (Å²) in [5.41, 5.74) is 3.49. The molecule has 5 nitrogen and oxygen atoms in total. The zero-order valence-electron chi connectivity index (χ0n) is 6.46. The van der Waals surface area contributed by atoms with Crippen molar-refractivity contribution < 1.29 is 19.4 Å². The Morgan fingerprint density at radius 2 is 2.09 bits per heavy atom. The molecule has 64 valence electrons. The molecule has 0 aromatic heterocycles. The molecule has 0 aromatic carbocycles. The number of carbonyl (C=O) groups excluding carboxylic acids is 1. The van der Waals surface area contributed by atoms with E-state index in [4.69, 9.17) is 10.8 Å². The van der Waals surface area contributed by atoms with Crippen molar-refractivity contribution in [2.75, 3.05) is 13.7 Å². The van der Waals surface area contributed by atoms with Crippen LogP contribution in [0.1, 0.15) is 6.92 Å². The average Bonchev–Trinajstić information content (AvgIpc) is 2.01. The molecule has 0 amide bonds. The minimum absolute atomic E-state index is 0.269. The summed E-state index contributed by atoms with van der Waals surface area (Å²) >= 11 is 0. The van der Waals surface area contributed by atoms with Gasteiger partial charge in [0, 0.05) is 6.54 Å². The first-order valence-corrected chi connectivity index (χ1v) is 3.01. The van der Waals surface area contributed by atoms with Gasteiger partial charge in [0.15, 0.2) is 5.41 Å². The number of carboxylic acids is 1. The largest absolute Gasteiger partial charge is 0.480 e. The zero-order chi connectivity index (χ0) is 9.07. The van der Waals surface area contributed by atoms with Gasteiger partial charge in [-0.2, -0.15) is 0 Å². The molecule has 1 unspecified atom stereocenters. The standard InChI is InChI=1S/C6H11NO4/c1-6(3-7,4(8)9)5(10)11-2/h3,7H2,1-2H3,(H,8,9). The first-order chi connectivity index (χ1) is 4.99. The third-order valence-electron chi connectivity index (χ3n) is 1.52. The minimum Gasteiger partial charge on any atom is -0.480 e. The number of methoxy groups -OCH3 is 1. The topological polar surface area (TPSA) is 89.6 Å². The first-order valence-electron chi connectivity index (χ1n) is 3.01. The van der Waals surface area contributed by atoms with Crippen molar-refractivity contribution in [2.45, 2.75) is 6.92 Å². The van der Waals surface area contributed by atoms with Gasteiger partial charge in [0.2, 0.25) is 0 Å². The molecular weight excluding hydrogens is 150 g/mol. The van der Waals surface area contributed by atoms with E-state index in [1.165, 1.54) is 6.92 Å². The Hall–Kier alpha value is -1.10. The van der Waals surface area contributed by atoms with Gasteiger partial charge in [-0.15, -0.1) is 0 Å². The van der Waals surface area contributed by atoms with Crippen LogP contribution in [0.15, 0.2) is 0 Å². The number of hydrogen-bond donors (Lipinski definition) is 2. The molecule has 1 atom stereocenters. The van der Waals surface area contributed by atoms with Gasteiger partial charge >= 0.3 is 11.9 Å². The molecular formula is C6H11NO4. The van der Waals surface area contributed by atoms with E-state index in [0.29, 0.717) is 0 Å². The van der Waals surface area contributed by atoms with Crippen molar-refractivity contribution in [3.8, 4) is 0 Å². The number of nitrogens with two attached hydrogens (primary N) is 1. The van der Waals surface area contributed by atoms with Gasteiger partial charge in [-0.3, -0.25) is 9.59 Å². The van der Waals surface area contributed by atoms with Crippen molar-refractivity contribution in [3.05, 3.63) is 0 Å². The maximum absolute atomic E-state index is 10.8. The van der Waals surface area contributed by atoms with E-state index in [1.54, 1.807) is 0 Å². The lowest BCUT2D eigenvalue weighted by Crippen LogP contribution is -2.43. The predicted octanol–water partition coefficient (Wildman–Crippen LogP) is -0.791. The number of carbonyl (C=O) groups is 2. The molecule has 5 heteroatoms. The molecule has 0 bridgehead atoms. The second-order valence-electron chi connectivity index (χ2n) is 2.33. The smallest absolute Gasteiger partial charge is 0.324 e. The number of aliphatic carboxylic acids is 1. The number of ether oxygens (including phenoxy) is 1. The Morgan fingerprint density at radius 3 is 2.18 bits per heavy atom. The van der Waals surface area contributed by atoms with Gasteiger partial charge in [0.1, 0.15) is 0 Å². The fourth-order valence-corrected chi connectivity index (χ4v) is 0.483. The van der Waals surface area contributed by atoms with Gasteiger partial charge < -0.3 is 15.6 Å². The van der Waals surface area contributed by atoms with Crippen molar-refractivity contribution in [3.63, 3.8) is 0 Å². The fourth-order valence-electron chi connectivity index (χ4n) is 0.483. The van der Waals surface area contributed by atoms with Crippen LogP contribution in [0.3, 0.4) is 0 Å². The maximum atomic E-state index is 10.8. The highest BCUT2D eigenvalue weighted by Gasteiger charge is 2.41. The SMILES string of the molecule is COC(=O)C(C)(CN)C(=O)O. The Balaban J connectivity index is 4.59. The van der Waals surface area contributed by atoms with Crippen LogP contribution in [0, 0.1) is 5.41 Å². The van der Waals surface area contributed by atoms with E-state index in [0.717, 1.165) is 7.11 Å². The summed E-state index contributed by atoms with van der Waals surface area (Å²) in [5.74, 6) is -2.10. The fraction of sp³-hybridized carbons (Fsp3) is 0.667. The molecule has 0 saturated heterocycles. The predicted molar refractivity (Wildman–Crippen MR) is 36.8 cm³/mol. The molecule has 0 aliphatic rings. The second-order valence-corrected chi connectivity index (χ2v) is 2.33. The number of esters is 1. The third-order valence-corrected chi connectivity index (χ3v) is 1.52. The van der Waals surface area contributed by atoms with Gasteiger partial charge in [-0.05, 0) is 6.92 Å². The molecule has 0 heterocycles. The van der Waals surface area contributed by atoms with Crippen molar-refractivity contribution >= 4 is 11.9 Å². The van der Waals surface area contributed by atoms with Crippen LogP contribution < -0.4 is 5.73 Å². The lowest BCUT2D eigenvalue weighted by atomic mass is 9.91. The van der Waals surface area contributed by atoms with Gasteiger partial charge in [-0.1, -0.05) is 0 Å². The molecule has 11 heavy (non-hydrogen) atoms. The van der Waals surface area contributed by atoms with Crippen molar-refractivity contribution in [1.82, 2.24) is 0 Å². The molecule has 0 spiro atoms. The molecule has 0 radical (unpaired) electrons. The summed E-state index contributed by atoms with van der Waals surface area (Å²) in [6, 6.07) is 0. The van der Waals surface area contributed by atoms with E-state index >= 15 is 0 Å². The molecule has 3 N–H and O–H groups in total. The van der Waals surface area contributed by atoms with Crippen molar-refractivity contribution in [1.29, 1.82) is 0 Å². The maximum Gasteiger partial charge on any atom is 0.324 e. The number of hydrogen-bond acceptors (Lipinski definition) is 4. The summed E-state index contributed by atoms with van der Waals surface area (Å²) in [6.07, 6.45) is 0. The second kappa shape index (κ2) is 3.34. The lowest BCUT2D eigenvalue weighted by Gasteiger charge is -2.18. The highest BCUT2D eigenvalue weighted by Crippen LogP contribution is 2.15. The highest BCUT2D eigenvalue weighted by molar-refractivity contribution is 5.98. The monoisotopic (exact) mass is 161 g/mol. The summed E-state index contributed by atoms with van der Waals surface area (Å²) in [7, 11) is 1.12. The van der Waals surface area contributed by atoms with E-state index in [-0.39, 0.29) is 6.54 Å². The first kappa shape index (κ1) is 9.90. The Labute approximate surface area is 64.1 Å². The van der Waals surface area contributed by atoms with E-state index < -0.39 is 17.4 Å². The van der Waals surface area contributed by atoms with E-state index in [1.807, 2.05) is 0 Å². The summed E-state index contributed by atoms with van der Waals surface area (Å²) in [6.45, 7) is 0.955. The average molecular weight is 161 g/mol. The summed E-state index contributed by atoms with van der Waals surface area (Å²) in [4.78, 5) is 21.3. The van der Waals surface area contributed by atoms with Crippen LogP contribution in [0.5, 0.6) is 0 Å². The summed E-state index contributed by atoms with van der Waals surface area (Å²) < 4.78 is 4.27. The minimum atomic E-state index is -1.62. The van der Waals surface area contributed by atoms with Crippen molar-refractivity contribution in [2.24, 2.45) is 11.1 Å². The van der Waals surface area contributed by atoms with Gasteiger partial charge in [0.05, 0.1) is 7.11 Å². The zero-order valence-corrected chi connectivity index (χ0v) is 6.46. The normalized spacial score (nSPS) is 15.2. The lowest BCUT2D eigenvalue weighted by molar-refractivity contribution is -0.164. The molecule has 0 aliphatic carbocycles. The molecule has 0 fully saturated rings. The van der Waals surface area contributed by atoms with Gasteiger partial charge in [0.25, 0.3) is 0 Å².